The molecule has 11 heteroatoms. The van der Waals surface area contributed by atoms with Gasteiger partial charge in [0.25, 0.3) is 15.7 Å². The summed E-state index contributed by atoms with van der Waals surface area (Å²) in [6.45, 7) is 0. The van der Waals surface area contributed by atoms with Crippen molar-refractivity contribution in [1.29, 1.82) is 0 Å². The fraction of sp³-hybridized carbons (Fsp3) is 0. The summed E-state index contributed by atoms with van der Waals surface area (Å²) in [5.74, 6) is -0.862. The lowest BCUT2D eigenvalue weighted by molar-refractivity contribution is -0.385. The van der Waals surface area contributed by atoms with E-state index in [0.717, 1.165) is 42.6 Å². The first-order chi connectivity index (χ1) is 11.2. The Morgan fingerprint density at radius 3 is 2.50 bits per heavy atom. The lowest BCUT2D eigenvalue weighted by Crippen LogP contribution is -2.18. The van der Waals surface area contributed by atoms with E-state index in [2.05, 4.69) is 5.10 Å². The summed E-state index contributed by atoms with van der Waals surface area (Å²) in [6.07, 6.45) is 0.936. The van der Waals surface area contributed by atoms with Crippen LogP contribution in [-0.4, -0.2) is 24.7 Å². The lowest BCUT2D eigenvalue weighted by Gasteiger charge is -2.04. The first-order valence-electron chi connectivity index (χ1n) is 6.18. The number of aromatic hydroxyl groups is 1. The minimum atomic E-state index is -4.03. The van der Waals surface area contributed by atoms with E-state index in [1.54, 1.807) is 22.6 Å². The maximum absolute atomic E-state index is 12.8. The van der Waals surface area contributed by atoms with E-state index in [1.807, 2.05) is 4.83 Å². The lowest BCUT2D eigenvalue weighted by atomic mass is 10.2. The first kappa shape index (κ1) is 18.1. The van der Waals surface area contributed by atoms with Gasteiger partial charge >= 0.3 is 0 Å². The highest BCUT2D eigenvalue weighted by Crippen LogP contribution is 2.28. The molecule has 0 amide bonds. The van der Waals surface area contributed by atoms with E-state index in [-0.39, 0.29) is 25.5 Å². The van der Waals surface area contributed by atoms with E-state index < -0.39 is 20.8 Å². The van der Waals surface area contributed by atoms with Gasteiger partial charge < -0.3 is 5.11 Å². The van der Waals surface area contributed by atoms with E-state index in [1.165, 1.54) is 0 Å². The number of non-ortho nitro benzene ring substituents is 1. The topological polar surface area (TPSA) is 122 Å². The van der Waals surface area contributed by atoms with Crippen molar-refractivity contribution < 1.29 is 22.8 Å². The molecule has 2 rings (SSSR count). The number of phenolic OH excluding ortho intramolecular Hbond substituents is 1. The molecule has 2 N–H and O–H groups in total. The number of nitrogens with zero attached hydrogens (tertiary/aromatic N) is 2. The predicted octanol–water partition coefficient (Wildman–Crippen LogP) is 2.36. The number of nitrogens with one attached hydrogen (secondary N) is 1. The van der Waals surface area contributed by atoms with Crippen LogP contribution < -0.4 is 4.83 Å². The SMILES string of the molecule is O=[N+]([O-])c1cc(I)c(O)c(/C=N/NS(=O)(=O)c2ccc(F)cc2)c1. The van der Waals surface area contributed by atoms with Crippen LogP contribution in [-0.2, 0) is 10.0 Å². The zero-order chi connectivity index (χ0) is 17.9. The van der Waals surface area contributed by atoms with Gasteiger partial charge in [0.15, 0.2) is 0 Å². The fourth-order valence-corrected chi connectivity index (χ4v) is 3.06. The molecule has 24 heavy (non-hydrogen) atoms. The van der Waals surface area contributed by atoms with E-state index in [0.29, 0.717) is 0 Å². The quantitative estimate of drug-likeness (QED) is 0.304. The Bertz CT molecular complexity index is 916. The third kappa shape index (κ3) is 4.17. The third-order valence-corrected chi connectivity index (χ3v) is 4.85. The van der Waals surface area contributed by atoms with Crippen LogP contribution in [0.3, 0.4) is 0 Å². The summed E-state index contributed by atoms with van der Waals surface area (Å²) in [5, 5.41) is 24.1. The van der Waals surface area contributed by atoms with Gasteiger partial charge in [0.2, 0.25) is 0 Å². The summed E-state index contributed by atoms with van der Waals surface area (Å²) < 4.78 is 36.9. The molecule has 0 heterocycles. The predicted molar refractivity (Wildman–Crippen MR) is 91.8 cm³/mol. The molecule has 0 fully saturated rings. The summed E-state index contributed by atoms with van der Waals surface area (Å²) in [4.78, 5) is 11.8. The molecular formula is C13H9FIN3O5S. The molecule has 0 unspecified atom stereocenters. The maximum Gasteiger partial charge on any atom is 0.276 e. The number of hydrogen-bond donors (Lipinski definition) is 2. The normalized spacial score (nSPS) is 11.6. The van der Waals surface area contributed by atoms with Crippen LogP contribution in [0, 0.1) is 19.5 Å². The van der Waals surface area contributed by atoms with Gasteiger partial charge in [-0.15, -0.1) is 0 Å². The molecule has 0 aliphatic carbocycles. The Kier molecular flexibility index (Phi) is 5.33. The smallest absolute Gasteiger partial charge is 0.276 e. The molecule has 0 aliphatic rings. The number of rotatable bonds is 5. The molecular weight excluding hydrogens is 456 g/mol. The average Bonchev–Trinajstić information content (AvgIpc) is 2.51. The zero-order valence-electron chi connectivity index (χ0n) is 11.7. The van der Waals surface area contributed by atoms with Crippen molar-refractivity contribution in [1.82, 2.24) is 4.83 Å². The van der Waals surface area contributed by atoms with Gasteiger partial charge in [-0.25, -0.2) is 9.22 Å². The molecule has 126 valence electrons. The Balaban J connectivity index is 2.25. The molecule has 0 saturated carbocycles. The Morgan fingerprint density at radius 2 is 1.92 bits per heavy atom. The monoisotopic (exact) mass is 465 g/mol. The molecule has 0 bridgehead atoms. The molecule has 0 aromatic heterocycles. The van der Waals surface area contributed by atoms with Gasteiger partial charge in [-0.05, 0) is 46.9 Å². The van der Waals surface area contributed by atoms with Gasteiger partial charge in [-0.3, -0.25) is 10.1 Å². The highest BCUT2D eigenvalue weighted by molar-refractivity contribution is 14.1. The fourth-order valence-electron chi connectivity index (χ4n) is 1.64. The molecule has 8 nitrogen and oxygen atoms in total. The second-order valence-electron chi connectivity index (χ2n) is 4.43. The standard InChI is InChI=1S/C13H9FIN3O5S/c14-9-1-3-11(4-2-9)24(22,23)17-16-7-8-5-10(18(20)21)6-12(15)13(8)19/h1-7,17,19H/b16-7+. The van der Waals surface area contributed by atoms with Crippen LogP contribution in [0.1, 0.15) is 5.56 Å². The Labute approximate surface area is 149 Å². The highest BCUT2D eigenvalue weighted by Gasteiger charge is 2.15. The van der Waals surface area contributed by atoms with Crippen molar-refractivity contribution in [3.8, 4) is 5.75 Å². The van der Waals surface area contributed by atoms with Crippen molar-refractivity contribution in [3.05, 3.63) is 61.5 Å². The number of benzene rings is 2. The highest BCUT2D eigenvalue weighted by atomic mass is 127. The number of hydrazone groups is 1. The van der Waals surface area contributed by atoms with Crippen molar-refractivity contribution in [2.75, 3.05) is 0 Å². The molecule has 0 saturated heterocycles. The minimum absolute atomic E-state index is 0.0320. The van der Waals surface area contributed by atoms with Crippen LogP contribution in [0.15, 0.2) is 46.4 Å². The summed E-state index contributed by atoms with van der Waals surface area (Å²) in [6, 6.07) is 6.28. The van der Waals surface area contributed by atoms with Crippen LogP contribution >= 0.6 is 22.6 Å². The Hall–Kier alpha value is -2.28. The second kappa shape index (κ2) is 7.09. The van der Waals surface area contributed by atoms with Crippen LogP contribution in [0.4, 0.5) is 10.1 Å². The summed E-state index contributed by atoms with van der Waals surface area (Å²) >= 11 is 1.70. The number of sulfonamides is 1. The number of phenols is 1. The van der Waals surface area contributed by atoms with Gasteiger partial charge in [-0.2, -0.15) is 13.5 Å². The number of nitro groups is 1. The maximum atomic E-state index is 12.8. The largest absolute Gasteiger partial charge is 0.506 e. The summed E-state index contributed by atoms with van der Waals surface area (Å²) in [5.41, 5.74) is -0.310. The first-order valence-corrected chi connectivity index (χ1v) is 8.74. The van der Waals surface area contributed by atoms with Crippen molar-refractivity contribution >= 4 is 44.5 Å². The van der Waals surface area contributed by atoms with E-state index in [9.17, 15) is 28.0 Å². The van der Waals surface area contributed by atoms with Crippen LogP contribution in [0.25, 0.3) is 0 Å². The van der Waals surface area contributed by atoms with E-state index >= 15 is 0 Å². The number of halogens is 2. The molecule has 0 atom stereocenters. The van der Waals surface area contributed by atoms with Gasteiger partial charge in [0, 0.05) is 17.7 Å². The third-order valence-electron chi connectivity index (χ3n) is 2.79. The van der Waals surface area contributed by atoms with Gasteiger partial charge in [0.1, 0.15) is 11.6 Å². The van der Waals surface area contributed by atoms with Crippen LogP contribution in [0.5, 0.6) is 5.75 Å². The zero-order valence-corrected chi connectivity index (χ0v) is 14.7. The molecule has 0 radical (unpaired) electrons. The van der Waals surface area contributed by atoms with Crippen molar-refractivity contribution in [2.24, 2.45) is 5.10 Å². The van der Waals surface area contributed by atoms with E-state index in [4.69, 9.17) is 0 Å². The van der Waals surface area contributed by atoms with Crippen molar-refractivity contribution in [2.45, 2.75) is 4.90 Å². The molecule has 2 aromatic carbocycles. The molecule has 0 aliphatic heterocycles. The van der Waals surface area contributed by atoms with Crippen molar-refractivity contribution in [3.63, 3.8) is 0 Å². The summed E-state index contributed by atoms with van der Waals surface area (Å²) in [7, 11) is -4.03. The van der Waals surface area contributed by atoms with Gasteiger partial charge in [0.05, 0.1) is 19.6 Å². The second-order valence-corrected chi connectivity index (χ2v) is 7.25. The molecule has 2 aromatic rings. The number of nitro benzene ring substituents is 1. The Morgan fingerprint density at radius 1 is 1.29 bits per heavy atom. The average molecular weight is 465 g/mol. The van der Waals surface area contributed by atoms with Gasteiger partial charge in [-0.1, -0.05) is 0 Å². The minimum Gasteiger partial charge on any atom is -0.506 e. The molecule has 0 spiro atoms. The number of hydrogen-bond acceptors (Lipinski definition) is 6. The van der Waals surface area contributed by atoms with Crippen LogP contribution in [0.2, 0.25) is 0 Å².